The first kappa shape index (κ1) is 16.9. The molecule has 126 valence electrons. The van der Waals surface area contributed by atoms with Crippen LogP contribution in [0.15, 0.2) is 59.1 Å². The number of ether oxygens (including phenoxy) is 1. The molecular formula is C18H13BrN2O4. The fraction of sp³-hybridized carbons (Fsp3) is 0.0556. The van der Waals surface area contributed by atoms with Gasteiger partial charge in [-0.15, -0.1) is 0 Å². The first-order valence-corrected chi connectivity index (χ1v) is 8.11. The number of benzene rings is 3. The van der Waals surface area contributed by atoms with Crippen LogP contribution in [0.5, 0.6) is 5.75 Å². The lowest BCUT2D eigenvalue weighted by molar-refractivity contribution is -0.385. The Bertz CT molecular complexity index is 988. The Labute approximate surface area is 151 Å². The predicted octanol–water partition coefficient (Wildman–Crippen LogP) is 4.77. The molecule has 3 rings (SSSR count). The van der Waals surface area contributed by atoms with Gasteiger partial charge in [0, 0.05) is 21.8 Å². The van der Waals surface area contributed by atoms with E-state index in [0.29, 0.717) is 11.3 Å². The van der Waals surface area contributed by atoms with Crippen LogP contribution in [-0.2, 0) is 0 Å². The largest absolute Gasteiger partial charge is 0.490 e. The van der Waals surface area contributed by atoms with Crippen molar-refractivity contribution >= 4 is 44.0 Å². The van der Waals surface area contributed by atoms with Gasteiger partial charge < -0.3 is 10.1 Å². The highest BCUT2D eigenvalue weighted by molar-refractivity contribution is 9.10. The first-order valence-electron chi connectivity index (χ1n) is 7.32. The van der Waals surface area contributed by atoms with Gasteiger partial charge in [0.25, 0.3) is 5.91 Å². The van der Waals surface area contributed by atoms with Crippen LogP contribution < -0.4 is 10.1 Å². The summed E-state index contributed by atoms with van der Waals surface area (Å²) in [4.78, 5) is 23.2. The third-order valence-electron chi connectivity index (χ3n) is 3.75. The number of nitro benzene ring substituents is 1. The molecule has 0 radical (unpaired) electrons. The highest BCUT2D eigenvalue weighted by atomic mass is 79.9. The Kier molecular flexibility index (Phi) is 4.67. The van der Waals surface area contributed by atoms with Crippen LogP contribution in [0.4, 0.5) is 11.4 Å². The second-order valence-electron chi connectivity index (χ2n) is 5.24. The zero-order valence-electron chi connectivity index (χ0n) is 13.2. The summed E-state index contributed by atoms with van der Waals surface area (Å²) in [5.74, 6) is -0.208. The van der Waals surface area contributed by atoms with Crippen molar-refractivity contribution in [1.29, 1.82) is 0 Å². The Hall–Kier alpha value is -2.93. The van der Waals surface area contributed by atoms with E-state index in [9.17, 15) is 14.9 Å². The summed E-state index contributed by atoms with van der Waals surface area (Å²) in [5, 5.41) is 15.5. The summed E-state index contributed by atoms with van der Waals surface area (Å²) >= 11 is 3.47. The van der Waals surface area contributed by atoms with Crippen LogP contribution in [0, 0.1) is 10.1 Å². The highest BCUT2D eigenvalue weighted by Gasteiger charge is 2.17. The first-order chi connectivity index (χ1) is 12.0. The smallest absolute Gasteiger partial charge is 0.312 e. The van der Waals surface area contributed by atoms with E-state index in [2.05, 4.69) is 21.2 Å². The molecule has 0 aliphatic rings. The van der Waals surface area contributed by atoms with Gasteiger partial charge in [0.15, 0.2) is 5.75 Å². The second kappa shape index (κ2) is 6.90. The van der Waals surface area contributed by atoms with Gasteiger partial charge in [-0.05, 0) is 35.0 Å². The topological polar surface area (TPSA) is 81.5 Å². The molecular weight excluding hydrogens is 388 g/mol. The molecule has 0 aliphatic heterocycles. The van der Waals surface area contributed by atoms with Crippen LogP contribution in [0.2, 0.25) is 0 Å². The molecule has 3 aromatic rings. The third-order valence-corrected chi connectivity index (χ3v) is 4.44. The molecule has 3 aromatic carbocycles. The predicted molar refractivity (Wildman–Crippen MR) is 99.2 cm³/mol. The summed E-state index contributed by atoms with van der Waals surface area (Å²) in [6.07, 6.45) is 0. The number of methoxy groups -OCH3 is 1. The molecule has 0 atom stereocenters. The zero-order chi connectivity index (χ0) is 18.0. The Morgan fingerprint density at radius 1 is 1.12 bits per heavy atom. The molecule has 1 N–H and O–H groups in total. The van der Waals surface area contributed by atoms with Crippen molar-refractivity contribution in [2.45, 2.75) is 0 Å². The molecule has 0 heterocycles. The second-order valence-corrected chi connectivity index (χ2v) is 6.09. The maximum absolute atomic E-state index is 12.6. The van der Waals surface area contributed by atoms with E-state index in [1.165, 1.54) is 19.2 Å². The molecule has 0 aliphatic carbocycles. The minimum atomic E-state index is -0.552. The molecule has 7 heteroatoms. The summed E-state index contributed by atoms with van der Waals surface area (Å²) in [5.41, 5.74) is 0.600. The number of anilines is 1. The van der Waals surface area contributed by atoms with Gasteiger partial charge in [-0.2, -0.15) is 0 Å². The Morgan fingerprint density at radius 2 is 1.84 bits per heavy atom. The maximum atomic E-state index is 12.6. The standard InChI is InChI=1S/C18H13BrN2O4/c1-25-17-9-8-11(10-16(17)21(23)24)20-18(22)14-6-2-5-13-12(14)4-3-7-15(13)19/h2-10H,1H3,(H,20,22). The number of halogens is 1. The monoisotopic (exact) mass is 400 g/mol. The number of hydrogen-bond acceptors (Lipinski definition) is 4. The van der Waals surface area contributed by atoms with Gasteiger partial charge in [0.1, 0.15) is 0 Å². The van der Waals surface area contributed by atoms with E-state index in [-0.39, 0.29) is 17.3 Å². The van der Waals surface area contributed by atoms with Gasteiger partial charge in [-0.25, -0.2) is 0 Å². The van der Waals surface area contributed by atoms with Crippen LogP contribution in [-0.4, -0.2) is 17.9 Å². The van der Waals surface area contributed by atoms with Gasteiger partial charge in [0.05, 0.1) is 12.0 Å². The SMILES string of the molecule is COc1ccc(NC(=O)c2cccc3c(Br)cccc23)cc1[N+](=O)[O-]. The minimum absolute atomic E-state index is 0.136. The summed E-state index contributed by atoms with van der Waals surface area (Å²) in [6.45, 7) is 0. The van der Waals surface area contributed by atoms with Crippen LogP contribution in [0.1, 0.15) is 10.4 Å². The van der Waals surface area contributed by atoms with E-state index in [1.54, 1.807) is 18.2 Å². The molecule has 0 saturated heterocycles. The van der Waals surface area contributed by atoms with E-state index in [1.807, 2.05) is 24.3 Å². The van der Waals surface area contributed by atoms with Crippen LogP contribution >= 0.6 is 15.9 Å². The summed E-state index contributed by atoms with van der Waals surface area (Å²) < 4.78 is 5.85. The van der Waals surface area contributed by atoms with Gasteiger partial charge in [-0.1, -0.05) is 40.2 Å². The number of carbonyl (C=O) groups excluding carboxylic acids is 1. The van der Waals surface area contributed by atoms with Crippen molar-refractivity contribution in [1.82, 2.24) is 0 Å². The van der Waals surface area contributed by atoms with Gasteiger partial charge in [0.2, 0.25) is 0 Å². The van der Waals surface area contributed by atoms with E-state index in [0.717, 1.165) is 15.2 Å². The third kappa shape index (κ3) is 3.32. The lowest BCUT2D eigenvalue weighted by atomic mass is 10.0. The number of carbonyl (C=O) groups is 1. The normalized spacial score (nSPS) is 10.5. The van der Waals surface area contributed by atoms with Crippen molar-refractivity contribution in [3.63, 3.8) is 0 Å². The lowest BCUT2D eigenvalue weighted by Gasteiger charge is -2.10. The lowest BCUT2D eigenvalue weighted by Crippen LogP contribution is -2.12. The van der Waals surface area contributed by atoms with Crippen molar-refractivity contribution in [3.8, 4) is 5.75 Å². The summed E-state index contributed by atoms with van der Waals surface area (Å²) in [6, 6.07) is 15.3. The molecule has 0 aromatic heterocycles. The van der Waals surface area contributed by atoms with Crippen molar-refractivity contribution in [3.05, 3.63) is 74.7 Å². The number of rotatable bonds is 4. The molecule has 6 nitrogen and oxygen atoms in total. The number of nitro groups is 1. The van der Waals surface area contributed by atoms with Crippen molar-refractivity contribution in [2.24, 2.45) is 0 Å². The molecule has 0 unspecified atom stereocenters. The molecule has 1 amide bonds. The molecule has 0 saturated carbocycles. The van der Waals surface area contributed by atoms with E-state index in [4.69, 9.17) is 4.74 Å². The highest BCUT2D eigenvalue weighted by Crippen LogP contribution is 2.31. The molecule has 25 heavy (non-hydrogen) atoms. The van der Waals surface area contributed by atoms with E-state index >= 15 is 0 Å². The van der Waals surface area contributed by atoms with Gasteiger partial charge >= 0.3 is 5.69 Å². The molecule has 0 fully saturated rings. The van der Waals surface area contributed by atoms with Gasteiger partial charge in [-0.3, -0.25) is 14.9 Å². The van der Waals surface area contributed by atoms with Crippen LogP contribution in [0.25, 0.3) is 10.8 Å². The Balaban J connectivity index is 1.97. The quantitative estimate of drug-likeness (QED) is 0.504. The number of nitrogens with zero attached hydrogens (tertiary/aromatic N) is 1. The maximum Gasteiger partial charge on any atom is 0.312 e. The minimum Gasteiger partial charge on any atom is -0.490 e. The number of amides is 1. The zero-order valence-corrected chi connectivity index (χ0v) is 14.7. The van der Waals surface area contributed by atoms with E-state index < -0.39 is 4.92 Å². The summed E-state index contributed by atoms with van der Waals surface area (Å²) in [7, 11) is 1.36. The van der Waals surface area contributed by atoms with Crippen molar-refractivity contribution < 1.29 is 14.5 Å². The van der Waals surface area contributed by atoms with Crippen LogP contribution in [0.3, 0.4) is 0 Å². The fourth-order valence-electron chi connectivity index (χ4n) is 2.58. The molecule has 0 spiro atoms. The fourth-order valence-corrected chi connectivity index (χ4v) is 3.08. The molecule has 0 bridgehead atoms. The number of fused-ring (bicyclic) bond motifs is 1. The Morgan fingerprint density at radius 3 is 2.56 bits per heavy atom. The average Bonchev–Trinajstić information content (AvgIpc) is 2.61. The number of hydrogen-bond donors (Lipinski definition) is 1. The average molecular weight is 401 g/mol. The number of nitrogens with one attached hydrogen (secondary N) is 1. The van der Waals surface area contributed by atoms with Crippen molar-refractivity contribution in [2.75, 3.05) is 12.4 Å².